The number of phenolic OH excluding ortho intramolecular Hbond substituents is 1. The van der Waals surface area contributed by atoms with E-state index in [-0.39, 0.29) is 28.8 Å². The maximum Gasteiger partial charge on any atom is 0.316 e. The average molecular weight is 508 g/mol. The fraction of sp³-hybridized carbons (Fsp3) is 0.391. The minimum atomic E-state index is -0.752. The quantitative estimate of drug-likeness (QED) is 0.395. The Morgan fingerprint density at radius 1 is 1.06 bits per heavy atom. The van der Waals surface area contributed by atoms with Crippen LogP contribution in [-0.4, -0.2) is 71.4 Å². The zero-order valence-corrected chi connectivity index (χ0v) is 19.9. The van der Waals surface area contributed by atoms with Crippen molar-refractivity contribution in [1.29, 1.82) is 0 Å². The van der Waals surface area contributed by atoms with E-state index in [2.05, 4.69) is 10.6 Å². The van der Waals surface area contributed by atoms with Crippen LogP contribution in [-0.2, 0) is 0 Å². The molecule has 2 aliphatic heterocycles. The zero-order valence-electron chi connectivity index (χ0n) is 18.4. The number of rotatable bonds is 5. The number of aliphatic hydroxyl groups excluding tert-OH is 1. The Hall–Kier alpha value is -2.72. The fourth-order valence-electron chi connectivity index (χ4n) is 4.52. The van der Waals surface area contributed by atoms with E-state index in [1.807, 2.05) is 9.80 Å². The molecule has 0 aliphatic carbocycles. The molecule has 2 aromatic carbocycles. The molecule has 34 heavy (non-hydrogen) atoms. The highest BCUT2D eigenvalue weighted by molar-refractivity contribution is 6.32. The number of carbonyl (C=O) groups excluding carboxylic acids is 2. The first kappa shape index (κ1) is 24.4. The molecule has 0 spiro atoms. The van der Waals surface area contributed by atoms with Gasteiger partial charge in [0.15, 0.2) is 0 Å². The van der Waals surface area contributed by atoms with E-state index in [4.69, 9.17) is 28.9 Å². The highest BCUT2D eigenvalue weighted by atomic mass is 35.5. The van der Waals surface area contributed by atoms with Gasteiger partial charge in [0.05, 0.1) is 28.5 Å². The van der Waals surface area contributed by atoms with E-state index in [9.17, 15) is 19.8 Å². The molecule has 0 bridgehead atoms. The van der Waals surface area contributed by atoms with Crippen LogP contribution < -0.4 is 21.3 Å². The number of urea groups is 1. The molecular weight excluding hydrogens is 481 g/mol. The van der Waals surface area contributed by atoms with Gasteiger partial charge in [0.1, 0.15) is 5.75 Å². The van der Waals surface area contributed by atoms with Crippen molar-refractivity contribution in [2.45, 2.75) is 31.0 Å². The number of halogens is 2. The SMILES string of the molecule is NC(=O)Nc1cc(Cl)c(O)cc1N1C[C@H](NC2CCN(C(=O)c3ccc(Cl)cc3)CC2)[C@@H](O)C1. The van der Waals surface area contributed by atoms with E-state index in [1.165, 1.54) is 12.1 Å². The van der Waals surface area contributed by atoms with E-state index in [1.54, 1.807) is 24.3 Å². The number of nitrogens with two attached hydrogens (primary N) is 1. The second kappa shape index (κ2) is 10.3. The standard InChI is InChI=1S/C23H27Cl2N5O4/c24-14-3-1-13(2-4-14)22(33)29-7-5-15(6-8-29)27-18-11-30(12-21(18)32)19-10-20(31)16(25)9-17(19)28-23(26)34/h1-4,9-10,15,18,21,27,31-32H,5-8,11-12H2,(H3,26,28,34)/t18-,21-/m0/s1. The monoisotopic (exact) mass is 507 g/mol. The van der Waals surface area contributed by atoms with Gasteiger partial charge in [0.2, 0.25) is 0 Å². The normalized spacial score (nSPS) is 21.0. The molecule has 6 N–H and O–H groups in total. The number of benzene rings is 2. The number of aliphatic hydroxyl groups is 1. The van der Waals surface area contributed by atoms with Crippen molar-refractivity contribution in [3.05, 3.63) is 52.0 Å². The Morgan fingerprint density at radius 2 is 1.74 bits per heavy atom. The van der Waals surface area contributed by atoms with Gasteiger partial charge in [-0.25, -0.2) is 4.79 Å². The lowest BCUT2D eigenvalue weighted by Crippen LogP contribution is -2.50. The van der Waals surface area contributed by atoms with Crippen LogP contribution in [0.5, 0.6) is 5.75 Å². The summed E-state index contributed by atoms with van der Waals surface area (Å²) in [6, 6.07) is 8.93. The molecule has 11 heteroatoms. The predicted octanol–water partition coefficient (Wildman–Crippen LogP) is 2.63. The minimum Gasteiger partial charge on any atom is -0.506 e. The molecule has 3 amide bonds. The second-order valence-corrected chi connectivity index (χ2v) is 9.47. The third-order valence-corrected chi connectivity index (χ3v) is 6.83. The Bertz CT molecular complexity index is 1060. The summed E-state index contributed by atoms with van der Waals surface area (Å²) in [7, 11) is 0. The lowest BCUT2D eigenvalue weighted by molar-refractivity contribution is 0.0691. The van der Waals surface area contributed by atoms with Gasteiger partial charge < -0.3 is 36.4 Å². The number of amides is 3. The molecule has 0 aromatic heterocycles. The Labute approximate surface area is 207 Å². The highest BCUT2D eigenvalue weighted by Gasteiger charge is 2.35. The average Bonchev–Trinajstić information content (AvgIpc) is 3.16. The van der Waals surface area contributed by atoms with Crippen LogP contribution in [0.4, 0.5) is 16.2 Å². The summed E-state index contributed by atoms with van der Waals surface area (Å²) in [5, 5.41) is 27.4. The number of hydrogen-bond acceptors (Lipinski definition) is 6. The van der Waals surface area contributed by atoms with Gasteiger partial charge in [0, 0.05) is 48.9 Å². The number of phenols is 1. The van der Waals surface area contributed by atoms with Gasteiger partial charge >= 0.3 is 6.03 Å². The van der Waals surface area contributed by atoms with Crippen molar-refractivity contribution in [1.82, 2.24) is 10.2 Å². The van der Waals surface area contributed by atoms with Crippen LogP contribution in [0.15, 0.2) is 36.4 Å². The number of nitrogens with one attached hydrogen (secondary N) is 2. The molecule has 2 heterocycles. The van der Waals surface area contributed by atoms with Crippen LogP contribution in [0, 0.1) is 0 Å². The second-order valence-electron chi connectivity index (χ2n) is 8.63. The lowest BCUT2D eigenvalue weighted by atomic mass is 10.0. The number of hydrogen-bond donors (Lipinski definition) is 5. The van der Waals surface area contributed by atoms with Gasteiger partial charge in [-0.3, -0.25) is 4.79 Å². The van der Waals surface area contributed by atoms with Crippen molar-refractivity contribution in [2.75, 3.05) is 36.4 Å². The molecule has 2 atom stereocenters. The molecule has 0 radical (unpaired) electrons. The summed E-state index contributed by atoms with van der Waals surface area (Å²) in [4.78, 5) is 27.8. The summed E-state index contributed by atoms with van der Waals surface area (Å²) >= 11 is 11.9. The summed E-state index contributed by atoms with van der Waals surface area (Å²) in [6.07, 6.45) is 0.866. The zero-order chi connectivity index (χ0) is 24.4. The van der Waals surface area contributed by atoms with Gasteiger partial charge in [-0.1, -0.05) is 23.2 Å². The first-order chi connectivity index (χ1) is 16.2. The van der Waals surface area contributed by atoms with Crippen LogP contribution in [0.3, 0.4) is 0 Å². The fourth-order valence-corrected chi connectivity index (χ4v) is 4.81. The molecule has 2 saturated heterocycles. The summed E-state index contributed by atoms with van der Waals surface area (Å²) in [5.74, 6) is -0.144. The third kappa shape index (κ3) is 5.50. The number of carbonyl (C=O) groups is 2. The minimum absolute atomic E-state index is 0.0146. The highest BCUT2D eigenvalue weighted by Crippen LogP contribution is 2.37. The molecule has 9 nitrogen and oxygen atoms in total. The first-order valence-electron chi connectivity index (χ1n) is 11.0. The van der Waals surface area contributed by atoms with Crippen molar-refractivity contribution >= 4 is 46.5 Å². The maximum absolute atomic E-state index is 12.7. The predicted molar refractivity (Wildman–Crippen MR) is 132 cm³/mol. The van der Waals surface area contributed by atoms with Crippen LogP contribution >= 0.6 is 23.2 Å². The molecule has 2 aliphatic rings. The van der Waals surface area contributed by atoms with E-state index < -0.39 is 12.1 Å². The molecule has 0 unspecified atom stereocenters. The number of primary amides is 1. The molecule has 2 aromatic rings. The van der Waals surface area contributed by atoms with E-state index in [0.29, 0.717) is 48.1 Å². The van der Waals surface area contributed by atoms with Crippen molar-refractivity contribution in [3.8, 4) is 5.75 Å². The molecule has 4 rings (SSSR count). The van der Waals surface area contributed by atoms with Crippen molar-refractivity contribution in [3.63, 3.8) is 0 Å². The largest absolute Gasteiger partial charge is 0.506 e. The van der Waals surface area contributed by atoms with Gasteiger partial charge in [-0.15, -0.1) is 0 Å². The van der Waals surface area contributed by atoms with Gasteiger partial charge in [-0.05, 0) is 43.2 Å². The molecule has 182 valence electrons. The number of nitrogens with zero attached hydrogens (tertiary/aromatic N) is 2. The van der Waals surface area contributed by atoms with E-state index in [0.717, 1.165) is 12.8 Å². The topological polar surface area (TPSA) is 131 Å². The van der Waals surface area contributed by atoms with Crippen LogP contribution in [0.25, 0.3) is 0 Å². The number of piperidine rings is 1. The summed E-state index contributed by atoms with van der Waals surface area (Å²) < 4.78 is 0. The summed E-state index contributed by atoms with van der Waals surface area (Å²) in [6.45, 7) is 1.99. The van der Waals surface area contributed by atoms with Crippen LogP contribution in [0.2, 0.25) is 10.0 Å². The Morgan fingerprint density at radius 3 is 2.38 bits per heavy atom. The Balaban J connectivity index is 1.36. The van der Waals surface area contributed by atoms with Crippen LogP contribution in [0.1, 0.15) is 23.2 Å². The smallest absolute Gasteiger partial charge is 0.316 e. The number of aromatic hydroxyl groups is 1. The Kier molecular flexibility index (Phi) is 7.37. The van der Waals surface area contributed by atoms with Crippen molar-refractivity contribution in [2.24, 2.45) is 5.73 Å². The number of likely N-dealkylation sites (tertiary alicyclic amines) is 1. The summed E-state index contributed by atoms with van der Waals surface area (Å²) in [5.41, 5.74) is 6.76. The first-order valence-corrected chi connectivity index (χ1v) is 11.8. The van der Waals surface area contributed by atoms with Crippen molar-refractivity contribution < 1.29 is 19.8 Å². The number of anilines is 2. The number of β-amino-alcohol motifs (C(OH)–C–C–N with tert-alkyl or cyclic N) is 1. The molecular formula is C23H27Cl2N5O4. The van der Waals surface area contributed by atoms with Gasteiger partial charge in [-0.2, -0.15) is 0 Å². The van der Waals surface area contributed by atoms with E-state index >= 15 is 0 Å². The molecule has 0 saturated carbocycles. The third-order valence-electron chi connectivity index (χ3n) is 6.28. The maximum atomic E-state index is 12.7. The van der Waals surface area contributed by atoms with Gasteiger partial charge in [0.25, 0.3) is 5.91 Å². The molecule has 2 fully saturated rings. The lowest BCUT2D eigenvalue weighted by Gasteiger charge is -2.34.